The minimum Gasteiger partial charge on any atom is -0.355 e. The van der Waals surface area contributed by atoms with E-state index in [1.807, 2.05) is 12.3 Å². The number of aryl methyl sites for hydroxylation is 1. The van der Waals surface area contributed by atoms with Crippen molar-refractivity contribution in [2.75, 3.05) is 0 Å². The predicted octanol–water partition coefficient (Wildman–Crippen LogP) is 8.04. The Morgan fingerprint density at radius 1 is 0.667 bits per heavy atom. The highest BCUT2D eigenvalue weighted by molar-refractivity contribution is 6.06. The van der Waals surface area contributed by atoms with Crippen LogP contribution in [0, 0.1) is 6.92 Å². The molecule has 6 rings (SSSR count). The molecule has 0 bridgehead atoms. The maximum absolute atomic E-state index is 4.88. The second kappa shape index (κ2) is 7.95. The monoisotopic (exact) mass is 425 g/mol. The molecule has 0 spiro atoms. The van der Waals surface area contributed by atoms with E-state index in [2.05, 4.69) is 114 Å². The third-order valence-electron chi connectivity index (χ3n) is 6.12. The number of benzene rings is 4. The third-order valence-corrected chi connectivity index (χ3v) is 6.12. The van der Waals surface area contributed by atoms with E-state index in [9.17, 15) is 0 Å². The minimum absolute atomic E-state index is 0.922. The number of H-pyrrole nitrogens is 2. The fourth-order valence-electron chi connectivity index (χ4n) is 4.37. The summed E-state index contributed by atoms with van der Waals surface area (Å²) in [5.41, 5.74) is 10.00. The van der Waals surface area contributed by atoms with Crippen molar-refractivity contribution in [3.8, 4) is 22.5 Å². The van der Waals surface area contributed by atoms with Gasteiger partial charge in [-0.05, 0) is 42.8 Å². The van der Waals surface area contributed by atoms with Gasteiger partial charge >= 0.3 is 0 Å². The Hall–Kier alpha value is -4.37. The summed E-state index contributed by atoms with van der Waals surface area (Å²) in [6.07, 6.45) is 1.98. The van der Waals surface area contributed by atoms with Crippen LogP contribution in [0.3, 0.4) is 0 Å². The summed E-state index contributed by atoms with van der Waals surface area (Å²) >= 11 is 0. The summed E-state index contributed by atoms with van der Waals surface area (Å²) in [5, 5.41) is 2.38. The molecule has 0 aliphatic carbocycles. The van der Waals surface area contributed by atoms with E-state index in [0.717, 1.165) is 44.8 Å². The van der Waals surface area contributed by atoms with Gasteiger partial charge in [-0.2, -0.15) is 0 Å². The van der Waals surface area contributed by atoms with Gasteiger partial charge < -0.3 is 9.97 Å². The van der Waals surface area contributed by atoms with Crippen molar-refractivity contribution in [3.05, 3.63) is 114 Å². The zero-order valence-electron chi connectivity index (χ0n) is 18.3. The van der Waals surface area contributed by atoms with Crippen molar-refractivity contribution < 1.29 is 0 Å². The van der Waals surface area contributed by atoms with E-state index in [1.54, 1.807) is 0 Å². The van der Waals surface area contributed by atoms with Gasteiger partial charge in [0.25, 0.3) is 0 Å². The van der Waals surface area contributed by atoms with E-state index in [0.29, 0.717) is 0 Å². The quantitative estimate of drug-likeness (QED) is 0.268. The molecule has 3 nitrogen and oxygen atoms in total. The maximum Gasteiger partial charge on any atom is 0.0636 e. The molecule has 0 aliphatic heterocycles. The molecule has 0 fully saturated rings. The molecule has 0 saturated heterocycles. The Morgan fingerprint density at radius 3 is 2.30 bits per heavy atom. The summed E-state index contributed by atoms with van der Waals surface area (Å²) in [6, 6.07) is 35.9. The van der Waals surface area contributed by atoms with Crippen LogP contribution in [0.2, 0.25) is 0 Å². The molecule has 0 radical (unpaired) electrons. The maximum atomic E-state index is 4.88. The van der Waals surface area contributed by atoms with Crippen LogP contribution in [-0.4, -0.2) is 16.2 Å². The Bertz CT molecular complexity index is 1580. The summed E-state index contributed by atoms with van der Waals surface area (Å²) in [5.74, 6) is 0. The van der Waals surface area contributed by atoms with Crippen LogP contribution in [0.1, 0.15) is 11.1 Å². The number of para-hydroxylation sites is 2. The Labute approximate surface area is 192 Å². The van der Waals surface area contributed by atoms with Crippen LogP contribution in [0.15, 0.2) is 108 Å². The lowest BCUT2D eigenvalue weighted by molar-refractivity contribution is 1.41. The van der Waals surface area contributed by atoms with Gasteiger partial charge in [0, 0.05) is 44.8 Å². The molecule has 0 unspecified atom stereocenters. The fraction of sp³-hybridized carbons (Fsp3) is 0.0333. The summed E-state index contributed by atoms with van der Waals surface area (Å²) in [7, 11) is 0. The van der Waals surface area contributed by atoms with Crippen LogP contribution in [0.4, 0.5) is 5.69 Å². The molecular weight excluding hydrogens is 402 g/mol. The summed E-state index contributed by atoms with van der Waals surface area (Å²) < 4.78 is 0. The molecule has 0 amide bonds. The lowest BCUT2D eigenvalue weighted by atomic mass is 10.0. The smallest absolute Gasteiger partial charge is 0.0636 e. The van der Waals surface area contributed by atoms with Crippen LogP contribution < -0.4 is 0 Å². The highest BCUT2D eigenvalue weighted by Gasteiger charge is 2.11. The largest absolute Gasteiger partial charge is 0.355 e. The minimum atomic E-state index is 0.922. The van der Waals surface area contributed by atoms with Gasteiger partial charge in [0.15, 0.2) is 0 Å². The van der Waals surface area contributed by atoms with E-state index >= 15 is 0 Å². The number of aromatic amines is 2. The molecule has 0 atom stereocenters. The fourth-order valence-corrected chi connectivity index (χ4v) is 4.37. The molecule has 2 N–H and O–H groups in total. The van der Waals surface area contributed by atoms with Gasteiger partial charge in [-0.1, -0.05) is 78.4 Å². The van der Waals surface area contributed by atoms with Crippen molar-refractivity contribution >= 4 is 33.7 Å². The standard InChI is InChI=1S/C30H23N3/c1-20-13-15-21(16-14-20)30-26(25-10-3-5-12-28(25)33-30)19-31-24-9-6-8-22(17-24)29-18-23-7-2-4-11-27(23)32-29/h2-19,32-33H,1H3. The lowest BCUT2D eigenvalue weighted by Crippen LogP contribution is -1.86. The third kappa shape index (κ3) is 3.64. The molecule has 33 heavy (non-hydrogen) atoms. The predicted molar refractivity (Wildman–Crippen MR) is 139 cm³/mol. The van der Waals surface area contributed by atoms with Crippen LogP contribution in [0.5, 0.6) is 0 Å². The molecular formula is C30H23N3. The number of hydrogen-bond acceptors (Lipinski definition) is 1. The van der Waals surface area contributed by atoms with E-state index < -0.39 is 0 Å². The van der Waals surface area contributed by atoms with E-state index in [1.165, 1.54) is 16.3 Å². The van der Waals surface area contributed by atoms with Crippen molar-refractivity contribution in [1.29, 1.82) is 0 Å². The van der Waals surface area contributed by atoms with Gasteiger partial charge in [0.2, 0.25) is 0 Å². The molecule has 0 saturated carbocycles. The Morgan fingerprint density at radius 2 is 1.45 bits per heavy atom. The number of nitrogens with zero attached hydrogens (tertiary/aromatic N) is 1. The Balaban J connectivity index is 1.41. The number of aliphatic imine (C=N–C) groups is 1. The van der Waals surface area contributed by atoms with Gasteiger partial charge in [-0.25, -0.2) is 0 Å². The zero-order chi connectivity index (χ0) is 22.2. The SMILES string of the molecule is Cc1ccc(-c2[nH]c3ccccc3c2C=Nc2cccc(-c3cc4ccccc4[nH]3)c2)cc1. The highest BCUT2D eigenvalue weighted by Crippen LogP contribution is 2.31. The first-order valence-electron chi connectivity index (χ1n) is 11.1. The molecule has 6 aromatic rings. The second-order valence-corrected chi connectivity index (χ2v) is 8.40. The first kappa shape index (κ1) is 19.3. The van der Waals surface area contributed by atoms with Crippen molar-refractivity contribution in [1.82, 2.24) is 9.97 Å². The molecule has 158 valence electrons. The Kier molecular flexibility index (Phi) is 4.66. The average Bonchev–Trinajstić information content (AvgIpc) is 3.45. The van der Waals surface area contributed by atoms with Crippen LogP contribution in [0.25, 0.3) is 44.3 Å². The van der Waals surface area contributed by atoms with Gasteiger partial charge in [-0.15, -0.1) is 0 Å². The normalized spacial score (nSPS) is 11.7. The van der Waals surface area contributed by atoms with Crippen LogP contribution in [-0.2, 0) is 0 Å². The molecule has 3 heteroatoms. The molecule has 2 aromatic heterocycles. The highest BCUT2D eigenvalue weighted by atomic mass is 14.8. The van der Waals surface area contributed by atoms with Gasteiger partial charge in [-0.3, -0.25) is 4.99 Å². The second-order valence-electron chi connectivity index (χ2n) is 8.40. The van der Waals surface area contributed by atoms with E-state index in [4.69, 9.17) is 4.99 Å². The number of nitrogens with one attached hydrogen (secondary N) is 2. The van der Waals surface area contributed by atoms with E-state index in [-0.39, 0.29) is 0 Å². The topological polar surface area (TPSA) is 43.9 Å². The number of hydrogen-bond donors (Lipinski definition) is 2. The van der Waals surface area contributed by atoms with Gasteiger partial charge in [0.05, 0.1) is 11.4 Å². The van der Waals surface area contributed by atoms with Crippen molar-refractivity contribution in [2.24, 2.45) is 4.99 Å². The number of rotatable bonds is 4. The van der Waals surface area contributed by atoms with Gasteiger partial charge in [0.1, 0.15) is 0 Å². The number of aromatic nitrogens is 2. The molecule has 0 aliphatic rings. The lowest BCUT2D eigenvalue weighted by Gasteiger charge is -2.03. The van der Waals surface area contributed by atoms with Crippen LogP contribution >= 0.6 is 0 Å². The molecule has 2 heterocycles. The first-order valence-corrected chi connectivity index (χ1v) is 11.1. The number of fused-ring (bicyclic) bond motifs is 2. The molecule has 4 aromatic carbocycles. The van der Waals surface area contributed by atoms with Crippen molar-refractivity contribution in [2.45, 2.75) is 6.92 Å². The van der Waals surface area contributed by atoms with Crippen molar-refractivity contribution in [3.63, 3.8) is 0 Å². The average molecular weight is 426 g/mol. The first-order chi connectivity index (χ1) is 16.2. The zero-order valence-corrected chi connectivity index (χ0v) is 18.3. The summed E-state index contributed by atoms with van der Waals surface area (Å²) in [6.45, 7) is 2.11. The summed E-state index contributed by atoms with van der Waals surface area (Å²) in [4.78, 5) is 12.0.